The van der Waals surface area contributed by atoms with Crippen molar-refractivity contribution in [2.45, 2.75) is 51.2 Å². The average molecular weight is 253 g/mol. The molecule has 18 heavy (non-hydrogen) atoms. The lowest BCUT2D eigenvalue weighted by Gasteiger charge is -2.44. The maximum Gasteiger partial charge on any atom is 0.236 e. The Bertz CT molecular complexity index is 291. The Morgan fingerprint density at radius 1 is 1.28 bits per heavy atom. The maximum absolute atomic E-state index is 12.1. The van der Waals surface area contributed by atoms with E-state index in [1.807, 2.05) is 19.0 Å². The molecule has 0 aromatic heterocycles. The van der Waals surface area contributed by atoms with E-state index in [4.69, 9.17) is 0 Å². The van der Waals surface area contributed by atoms with E-state index < -0.39 is 0 Å². The Balaban J connectivity index is 1.97. The Morgan fingerprint density at radius 2 is 1.83 bits per heavy atom. The minimum atomic E-state index is 0.292. The highest BCUT2D eigenvalue weighted by molar-refractivity contribution is 5.78. The van der Waals surface area contributed by atoms with Gasteiger partial charge in [-0.25, -0.2) is 0 Å². The number of likely N-dealkylation sites (tertiary alicyclic amines) is 1. The van der Waals surface area contributed by atoms with Gasteiger partial charge in [0.2, 0.25) is 5.91 Å². The SMILES string of the molecule is CCC(C)N1C2CCC1CN(C(=O)CN(C)C)C2. The van der Waals surface area contributed by atoms with E-state index in [0.717, 1.165) is 13.1 Å². The van der Waals surface area contributed by atoms with E-state index in [-0.39, 0.29) is 0 Å². The predicted molar refractivity (Wildman–Crippen MR) is 73.5 cm³/mol. The fourth-order valence-electron chi connectivity index (χ4n) is 3.44. The van der Waals surface area contributed by atoms with Crippen molar-refractivity contribution in [2.24, 2.45) is 0 Å². The van der Waals surface area contributed by atoms with E-state index in [1.54, 1.807) is 0 Å². The van der Waals surface area contributed by atoms with Gasteiger partial charge in [0, 0.05) is 31.2 Å². The molecule has 2 bridgehead atoms. The van der Waals surface area contributed by atoms with Crippen LogP contribution in [0.3, 0.4) is 0 Å². The van der Waals surface area contributed by atoms with Crippen molar-refractivity contribution in [1.29, 1.82) is 0 Å². The van der Waals surface area contributed by atoms with Gasteiger partial charge in [-0.15, -0.1) is 0 Å². The molecular weight excluding hydrogens is 226 g/mol. The van der Waals surface area contributed by atoms with Gasteiger partial charge in [0.1, 0.15) is 0 Å². The summed E-state index contributed by atoms with van der Waals surface area (Å²) in [4.78, 5) is 18.9. The molecule has 3 unspecified atom stereocenters. The summed E-state index contributed by atoms with van der Waals surface area (Å²) in [5, 5.41) is 0. The lowest BCUT2D eigenvalue weighted by molar-refractivity contribution is -0.135. The fraction of sp³-hybridized carbons (Fsp3) is 0.929. The van der Waals surface area contributed by atoms with Crippen molar-refractivity contribution in [3.05, 3.63) is 0 Å². The molecule has 2 heterocycles. The van der Waals surface area contributed by atoms with Gasteiger partial charge in [-0.1, -0.05) is 6.92 Å². The first-order valence-corrected chi connectivity index (χ1v) is 7.22. The quantitative estimate of drug-likeness (QED) is 0.748. The first-order chi connectivity index (χ1) is 8.52. The van der Waals surface area contributed by atoms with Crippen molar-refractivity contribution in [3.63, 3.8) is 0 Å². The monoisotopic (exact) mass is 253 g/mol. The summed E-state index contributed by atoms with van der Waals surface area (Å²) >= 11 is 0. The summed E-state index contributed by atoms with van der Waals surface area (Å²) < 4.78 is 0. The lowest BCUT2D eigenvalue weighted by atomic mass is 10.1. The van der Waals surface area contributed by atoms with Gasteiger partial charge >= 0.3 is 0 Å². The second-order valence-corrected chi connectivity index (χ2v) is 6.13. The van der Waals surface area contributed by atoms with Gasteiger partial charge in [0.25, 0.3) is 0 Å². The number of fused-ring (bicyclic) bond motifs is 2. The van der Waals surface area contributed by atoms with Crippen molar-refractivity contribution >= 4 is 5.91 Å². The van der Waals surface area contributed by atoms with Crippen LogP contribution >= 0.6 is 0 Å². The second kappa shape index (κ2) is 5.57. The zero-order chi connectivity index (χ0) is 13.3. The van der Waals surface area contributed by atoms with Crippen LogP contribution in [0, 0.1) is 0 Å². The maximum atomic E-state index is 12.1. The van der Waals surface area contributed by atoms with Gasteiger partial charge in [0.05, 0.1) is 6.54 Å². The minimum absolute atomic E-state index is 0.292. The predicted octanol–water partition coefficient (Wildman–Crippen LogP) is 1.02. The molecule has 2 saturated heterocycles. The van der Waals surface area contributed by atoms with Crippen LogP contribution in [0.5, 0.6) is 0 Å². The third kappa shape index (κ3) is 2.69. The fourth-order valence-corrected chi connectivity index (χ4v) is 3.44. The molecule has 2 aliphatic rings. The highest BCUT2D eigenvalue weighted by atomic mass is 16.2. The minimum Gasteiger partial charge on any atom is -0.338 e. The van der Waals surface area contributed by atoms with Gasteiger partial charge in [0.15, 0.2) is 0 Å². The molecule has 0 spiro atoms. The number of likely N-dealkylation sites (N-methyl/N-ethyl adjacent to an activating group) is 1. The van der Waals surface area contributed by atoms with Gasteiger partial charge in [-0.2, -0.15) is 0 Å². The highest BCUT2D eigenvalue weighted by Gasteiger charge is 2.42. The zero-order valence-corrected chi connectivity index (χ0v) is 12.2. The summed E-state index contributed by atoms with van der Waals surface area (Å²) in [7, 11) is 3.92. The number of carbonyl (C=O) groups is 1. The Hall–Kier alpha value is -0.610. The molecule has 0 aromatic carbocycles. The number of amides is 1. The lowest BCUT2D eigenvalue weighted by Crippen LogP contribution is -2.58. The highest BCUT2D eigenvalue weighted by Crippen LogP contribution is 2.32. The molecule has 2 aliphatic heterocycles. The van der Waals surface area contributed by atoms with Crippen LogP contribution in [-0.2, 0) is 4.79 Å². The van der Waals surface area contributed by atoms with E-state index >= 15 is 0 Å². The van der Waals surface area contributed by atoms with E-state index in [0.29, 0.717) is 30.6 Å². The normalized spacial score (nSPS) is 29.9. The topological polar surface area (TPSA) is 26.8 Å². The van der Waals surface area contributed by atoms with Gasteiger partial charge in [-0.3, -0.25) is 9.69 Å². The summed E-state index contributed by atoms with van der Waals surface area (Å²) in [6.45, 7) is 7.00. The Morgan fingerprint density at radius 3 is 2.28 bits per heavy atom. The third-order valence-corrected chi connectivity index (χ3v) is 4.44. The molecule has 0 saturated carbocycles. The van der Waals surface area contributed by atoms with E-state index in [1.165, 1.54) is 19.3 Å². The van der Waals surface area contributed by atoms with Crippen LogP contribution in [0.2, 0.25) is 0 Å². The van der Waals surface area contributed by atoms with Crippen molar-refractivity contribution < 1.29 is 4.79 Å². The van der Waals surface area contributed by atoms with Crippen molar-refractivity contribution in [2.75, 3.05) is 33.7 Å². The number of hydrogen-bond acceptors (Lipinski definition) is 3. The molecule has 104 valence electrons. The number of piperazine rings is 1. The molecule has 0 aliphatic carbocycles. The van der Waals surface area contributed by atoms with Crippen molar-refractivity contribution in [1.82, 2.24) is 14.7 Å². The number of nitrogens with zero attached hydrogens (tertiary/aromatic N) is 3. The largest absolute Gasteiger partial charge is 0.338 e. The van der Waals surface area contributed by atoms with Crippen LogP contribution in [-0.4, -0.2) is 72.5 Å². The second-order valence-electron chi connectivity index (χ2n) is 6.13. The van der Waals surface area contributed by atoms with Crippen LogP contribution in [0.4, 0.5) is 0 Å². The molecule has 0 radical (unpaired) electrons. The molecule has 4 heteroatoms. The average Bonchev–Trinajstić information content (AvgIpc) is 2.57. The Labute approximate surface area is 111 Å². The first kappa shape index (κ1) is 13.8. The molecule has 3 atom stereocenters. The number of carbonyl (C=O) groups excluding carboxylic acids is 1. The number of rotatable bonds is 4. The third-order valence-electron chi connectivity index (χ3n) is 4.44. The molecular formula is C14H27N3O. The molecule has 2 rings (SSSR count). The molecule has 2 fully saturated rings. The molecule has 4 nitrogen and oxygen atoms in total. The summed E-state index contributed by atoms with van der Waals surface area (Å²) in [5.41, 5.74) is 0. The van der Waals surface area contributed by atoms with Gasteiger partial charge in [-0.05, 0) is 40.3 Å². The van der Waals surface area contributed by atoms with E-state index in [9.17, 15) is 4.79 Å². The summed E-state index contributed by atoms with van der Waals surface area (Å²) in [5.74, 6) is 0.292. The molecule has 0 aromatic rings. The van der Waals surface area contributed by atoms with Gasteiger partial charge < -0.3 is 9.80 Å². The standard InChI is InChI=1S/C14H27N3O/c1-5-11(2)17-12-6-7-13(17)9-16(8-12)14(18)10-15(3)4/h11-13H,5-10H2,1-4H3. The number of hydrogen-bond donors (Lipinski definition) is 0. The van der Waals surface area contributed by atoms with Crippen LogP contribution < -0.4 is 0 Å². The zero-order valence-electron chi connectivity index (χ0n) is 12.2. The van der Waals surface area contributed by atoms with Crippen LogP contribution in [0.15, 0.2) is 0 Å². The molecule has 1 amide bonds. The van der Waals surface area contributed by atoms with Crippen LogP contribution in [0.25, 0.3) is 0 Å². The summed E-state index contributed by atoms with van der Waals surface area (Å²) in [6.07, 6.45) is 3.74. The smallest absolute Gasteiger partial charge is 0.236 e. The first-order valence-electron chi connectivity index (χ1n) is 7.22. The van der Waals surface area contributed by atoms with Crippen LogP contribution in [0.1, 0.15) is 33.1 Å². The Kier molecular flexibility index (Phi) is 4.28. The van der Waals surface area contributed by atoms with Crippen molar-refractivity contribution in [3.8, 4) is 0 Å². The van der Waals surface area contributed by atoms with E-state index in [2.05, 4.69) is 23.6 Å². The summed E-state index contributed by atoms with van der Waals surface area (Å²) in [6, 6.07) is 1.86. The molecule has 0 N–H and O–H groups in total.